The number of nitrogens with zero attached hydrogens (tertiary/aromatic N) is 2. The minimum Gasteiger partial charge on any atom is -0.287 e. The molecule has 1 aromatic heterocycles. The van der Waals surface area contributed by atoms with E-state index in [1.807, 2.05) is 0 Å². The highest BCUT2D eigenvalue weighted by atomic mass is 19.4. The highest BCUT2D eigenvalue weighted by molar-refractivity contribution is 6.07. The first-order chi connectivity index (χ1) is 13.5. The van der Waals surface area contributed by atoms with Crippen molar-refractivity contribution < 1.29 is 31.1 Å². The molecule has 3 rings (SSSR count). The summed E-state index contributed by atoms with van der Waals surface area (Å²) in [5.74, 6) is -0.746. The molecule has 1 heterocycles. The lowest BCUT2D eigenvalue weighted by atomic mass is 10.0. The largest absolute Gasteiger partial charge is 0.416 e. The van der Waals surface area contributed by atoms with Gasteiger partial charge in [-0.05, 0) is 29.8 Å². The zero-order valence-electron chi connectivity index (χ0n) is 14.6. The Balaban J connectivity index is 1.86. The molecule has 9 heteroatoms. The summed E-state index contributed by atoms with van der Waals surface area (Å²) < 4.78 is 77.0. The van der Waals surface area contributed by atoms with Gasteiger partial charge in [0.05, 0.1) is 11.1 Å². The van der Waals surface area contributed by atoms with E-state index >= 15 is 0 Å². The van der Waals surface area contributed by atoms with Crippen molar-refractivity contribution in [1.29, 1.82) is 0 Å². The Bertz CT molecular complexity index is 1040. The van der Waals surface area contributed by atoms with Gasteiger partial charge >= 0.3 is 12.4 Å². The molecule has 0 saturated carbocycles. The maximum atomic E-state index is 12.8. The quantitative estimate of drug-likeness (QED) is 0.431. The molecule has 0 aliphatic heterocycles. The van der Waals surface area contributed by atoms with Gasteiger partial charge in [-0.15, -0.1) is 0 Å². The molecular formula is C20H12F6N2O. The maximum absolute atomic E-state index is 12.8. The molecule has 0 fully saturated rings. The van der Waals surface area contributed by atoms with Crippen molar-refractivity contribution >= 4 is 5.78 Å². The lowest BCUT2D eigenvalue weighted by molar-refractivity contribution is -0.138. The van der Waals surface area contributed by atoms with Crippen LogP contribution in [0, 0.1) is 0 Å². The summed E-state index contributed by atoms with van der Waals surface area (Å²) in [5.41, 5.74) is -1.57. The van der Waals surface area contributed by atoms with Crippen molar-refractivity contribution in [2.45, 2.75) is 18.8 Å². The van der Waals surface area contributed by atoms with Gasteiger partial charge in [-0.3, -0.25) is 4.79 Å². The van der Waals surface area contributed by atoms with E-state index in [1.54, 1.807) is 0 Å². The van der Waals surface area contributed by atoms with E-state index in [0.717, 1.165) is 36.7 Å². The van der Waals surface area contributed by atoms with Crippen molar-refractivity contribution in [3.8, 4) is 0 Å². The summed E-state index contributed by atoms with van der Waals surface area (Å²) >= 11 is 0. The average molecular weight is 410 g/mol. The first kappa shape index (κ1) is 20.5. The summed E-state index contributed by atoms with van der Waals surface area (Å²) in [4.78, 5) is 20.2. The average Bonchev–Trinajstić information content (AvgIpc) is 2.67. The number of halogens is 6. The van der Waals surface area contributed by atoms with Crippen LogP contribution in [-0.4, -0.2) is 15.8 Å². The molecule has 150 valence electrons. The Labute approximate surface area is 161 Å². The van der Waals surface area contributed by atoms with Gasteiger partial charge < -0.3 is 0 Å². The molecule has 0 atom stereocenters. The Kier molecular flexibility index (Phi) is 5.41. The van der Waals surface area contributed by atoms with Crippen LogP contribution >= 0.6 is 0 Å². The second-order valence-corrected chi connectivity index (χ2v) is 6.18. The van der Waals surface area contributed by atoms with Crippen LogP contribution in [0.2, 0.25) is 0 Å². The van der Waals surface area contributed by atoms with Gasteiger partial charge in [0.25, 0.3) is 0 Å². The molecule has 0 unspecified atom stereocenters. The van der Waals surface area contributed by atoms with Crippen LogP contribution < -0.4 is 0 Å². The third kappa shape index (κ3) is 4.98. The molecule has 0 spiro atoms. The number of benzene rings is 2. The first-order valence-corrected chi connectivity index (χ1v) is 8.23. The van der Waals surface area contributed by atoms with Gasteiger partial charge in [0.2, 0.25) is 5.78 Å². The van der Waals surface area contributed by atoms with Crippen molar-refractivity contribution in [2.75, 3.05) is 0 Å². The SMILES string of the molecule is O=C(c1cccc(C(F)(F)F)c1)c1cc(Cc2cccc(C(F)(F)F)c2)ncn1. The molecule has 0 radical (unpaired) electrons. The number of hydrogen-bond acceptors (Lipinski definition) is 3. The number of aromatic nitrogens is 2. The molecule has 3 aromatic rings. The fraction of sp³-hybridized carbons (Fsp3) is 0.150. The minimum atomic E-state index is -4.60. The lowest BCUT2D eigenvalue weighted by Crippen LogP contribution is -2.10. The summed E-state index contributed by atoms with van der Waals surface area (Å²) in [5, 5.41) is 0. The van der Waals surface area contributed by atoms with Gasteiger partial charge in [0.1, 0.15) is 12.0 Å². The van der Waals surface area contributed by atoms with Crippen LogP contribution in [0.25, 0.3) is 0 Å². The Morgan fingerprint density at radius 1 is 0.793 bits per heavy atom. The molecule has 0 saturated heterocycles. The van der Waals surface area contributed by atoms with Crippen molar-refractivity contribution in [3.63, 3.8) is 0 Å². The normalized spacial score (nSPS) is 12.1. The third-order valence-corrected chi connectivity index (χ3v) is 4.05. The Morgan fingerprint density at radius 3 is 2.07 bits per heavy atom. The molecule has 0 amide bonds. The van der Waals surface area contributed by atoms with E-state index in [-0.39, 0.29) is 23.4 Å². The molecule has 0 bridgehead atoms. The van der Waals surface area contributed by atoms with E-state index in [1.165, 1.54) is 24.3 Å². The Hall–Kier alpha value is -3.23. The molecule has 3 nitrogen and oxygen atoms in total. The monoisotopic (exact) mass is 410 g/mol. The van der Waals surface area contributed by atoms with Crippen LogP contribution in [0.4, 0.5) is 26.3 Å². The van der Waals surface area contributed by atoms with Gasteiger partial charge in [-0.2, -0.15) is 26.3 Å². The summed E-state index contributed by atoms with van der Waals surface area (Å²) in [6, 6.07) is 9.80. The van der Waals surface area contributed by atoms with Crippen LogP contribution in [-0.2, 0) is 18.8 Å². The molecule has 2 aromatic carbocycles. The third-order valence-electron chi connectivity index (χ3n) is 4.05. The summed E-state index contributed by atoms with van der Waals surface area (Å²) in [6.45, 7) is 0. The van der Waals surface area contributed by atoms with E-state index in [2.05, 4.69) is 9.97 Å². The number of carbonyl (C=O) groups excluding carboxylic acids is 1. The first-order valence-electron chi connectivity index (χ1n) is 8.23. The summed E-state index contributed by atoms with van der Waals surface area (Å²) in [7, 11) is 0. The number of carbonyl (C=O) groups is 1. The molecule has 29 heavy (non-hydrogen) atoms. The number of ketones is 1. The minimum absolute atomic E-state index is 0.00465. The highest BCUT2D eigenvalue weighted by Crippen LogP contribution is 2.31. The van der Waals surface area contributed by atoms with Crippen molar-refractivity contribution in [1.82, 2.24) is 9.97 Å². The van der Waals surface area contributed by atoms with Gasteiger partial charge in [0.15, 0.2) is 0 Å². The predicted octanol–water partition coefficient (Wildman–Crippen LogP) is 5.34. The van der Waals surface area contributed by atoms with E-state index < -0.39 is 29.3 Å². The fourth-order valence-corrected chi connectivity index (χ4v) is 2.67. The van der Waals surface area contributed by atoms with Crippen LogP contribution in [0.3, 0.4) is 0 Å². The summed E-state index contributed by atoms with van der Waals surface area (Å²) in [6.07, 6.45) is -8.05. The predicted molar refractivity (Wildman–Crippen MR) is 91.2 cm³/mol. The van der Waals surface area contributed by atoms with Crippen molar-refractivity contribution in [2.24, 2.45) is 0 Å². The maximum Gasteiger partial charge on any atom is 0.416 e. The fourth-order valence-electron chi connectivity index (χ4n) is 2.67. The van der Waals surface area contributed by atoms with Crippen molar-refractivity contribution in [3.05, 3.63) is 94.6 Å². The number of alkyl halides is 6. The molecule has 0 aliphatic carbocycles. The van der Waals surface area contributed by atoms with Gasteiger partial charge in [-0.25, -0.2) is 9.97 Å². The second-order valence-electron chi connectivity index (χ2n) is 6.18. The number of rotatable bonds is 4. The smallest absolute Gasteiger partial charge is 0.287 e. The highest BCUT2D eigenvalue weighted by Gasteiger charge is 2.31. The zero-order chi connectivity index (χ0) is 21.2. The van der Waals surface area contributed by atoms with Gasteiger partial charge in [-0.1, -0.05) is 30.3 Å². The molecule has 0 N–H and O–H groups in total. The second kappa shape index (κ2) is 7.65. The van der Waals surface area contributed by atoms with E-state index in [0.29, 0.717) is 5.56 Å². The topological polar surface area (TPSA) is 42.9 Å². The Morgan fingerprint density at radius 2 is 1.41 bits per heavy atom. The van der Waals surface area contributed by atoms with E-state index in [4.69, 9.17) is 0 Å². The van der Waals surface area contributed by atoms with E-state index in [9.17, 15) is 31.1 Å². The standard InChI is InChI=1S/C20H12F6N2O/c21-19(22,23)14-5-1-3-12(7-14)8-16-10-17(28-11-27-16)18(29)13-4-2-6-15(9-13)20(24,25)26/h1-7,9-11H,8H2. The lowest BCUT2D eigenvalue weighted by Gasteiger charge is -2.09. The van der Waals surface area contributed by atoms with Gasteiger partial charge in [0, 0.05) is 17.7 Å². The van der Waals surface area contributed by atoms with Crippen LogP contribution in [0.1, 0.15) is 38.4 Å². The van der Waals surface area contributed by atoms with Crippen LogP contribution in [0.15, 0.2) is 60.9 Å². The van der Waals surface area contributed by atoms with Crippen LogP contribution in [0.5, 0.6) is 0 Å². The molecule has 0 aliphatic rings. The number of hydrogen-bond donors (Lipinski definition) is 0. The molecular weight excluding hydrogens is 398 g/mol. The zero-order valence-corrected chi connectivity index (χ0v) is 14.6.